The van der Waals surface area contributed by atoms with Crippen molar-refractivity contribution >= 4 is 23.4 Å². The van der Waals surface area contributed by atoms with Gasteiger partial charge < -0.3 is 20.1 Å². The second-order valence-corrected chi connectivity index (χ2v) is 8.24. The van der Waals surface area contributed by atoms with Gasteiger partial charge in [0.2, 0.25) is 0 Å². The number of aliphatic carboxylic acids is 2. The van der Waals surface area contributed by atoms with Gasteiger partial charge in [0.1, 0.15) is 29.9 Å². The highest BCUT2D eigenvalue weighted by atomic mass is 19.4. The lowest BCUT2D eigenvalue weighted by molar-refractivity contribution is -0.193. The molecule has 230 valence electrons. The summed E-state index contributed by atoms with van der Waals surface area (Å²) in [5, 5.41) is 26.1. The largest absolute Gasteiger partial charge is 0.490 e. The van der Waals surface area contributed by atoms with Crippen molar-refractivity contribution in [3.8, 4) is 28.2 Å². The summed E-state index contributed by atoms with van der Waals surface area (Å²) in [6.07, 6.45) is -3.38. The van der Waals surface area contributed by atoms with Crippen LogP contribution in [0.15, 0.2) is 84.1 Å². The molecule has 1 aromatic carbocycles. The Bertz CT molecular complexity index is 1660. The first-order valence-electron chi connectivity index (χ1n) is 11.8. The Hall–Kier alpha value is -5.81. The van der Waals surface area contributed by atoms with Crippen molar-refractivity contribution < 1.29 is 50.7 Å². The Labute approximate surface area is 242 Å². The van der Waals surface area contributed by atoms with Gasteiger partial charge in [0.25, 0.3) is 0 Å². The monoisotopic (exact) mass is 623 g/mol. The molecular formula is C26H19F6N7O5. The molecule has 0 saturated carbocycles. The van der Waals surface area contributed by atoms with Crippen LogP contribution in [0.4, 0.5) is 37.8 Å². The highest BCUT2D eigenvalue weighted by Crippen LogP contribution is 2.31. The van der Waals surface area contributed by atoms with Crippen LogP contribution in [0.25, 0.3) is 28.2 Å². The van der Waals surface area contributed by atoms with E-state index in [-0.39, 0.29) is 0 Å². The summed E-state index contributed by atoms with van der Waals surface area (Å²) in [6, 6.07) is 17.4. The van der Waals surface area contributed by atoms with Crippen LogP contribution < -0.4 is 5.32 Å². The number of nitrogens with zero attached hydrogens (tertiary/aromatic N) is 6. The fraction of sp³-hybridized carbons (Fsp3) is 0.115. The van der Waals surface area contributed by atoms with E-state index in [1.807, 2.05) is 61.5 Å². The molecule has 0 spiro atoms. The molecule has 0 unspecified atom stereocenters. The molecule has 0 fully saturated rings. The molecule has 0 bridgehead atoms. The van der Waals surface area contributed by atoms with E-state index in [4.69, 9.17) is 24.3 Å². The number of halogens is 6. The van der Waals surface area contributed by atoms with Gasteiger partial charge in [-0.05, 0) is 55.5 Å². The van der Waals surface area contributed by atoms with E-state index in [1.165, 1.54) is 0 Å². The number of hydrogen-bond acceptors (Lipinski definition) is 9. The third kappa shape index (κ3) is 9.36. The summed E-state index contributed by atoms with van der Waals surface area (Å²) in [7, 11) is 0. The third-order valence-electron chi connectivity index (χ3n) is 5.04. The molecule has 5 aromatic rings. The predicted octanol–water partition coefficient (Wildman–Crippen LogP) is 5.70. The first kappa shape index (κ1) is 32.7. The van der Waals surface area contributed by atoms with E-state index in [0.29, 0.717) is 5.82 Å². The highest BCUT2D eigenvalue weighted by Gasteiger charge is 2.38. The average molecular weight is 623 g/mol. The maximum absolute atomic E-state index is 10.6. The van der Waals surface area contributed by atoms with Crippen molar-refractivity contribution in [2.75, 3.05) is 5.32 Å². The van der Waals surface area contributed by atoms with Gasteiger partial charge in [-0.25, -0.2) is 24.2 Å². The maximum atomic E-state index is 10.6. The standard InChI is InChI=1S/C22H17N7O.2C2HF3O2/c1-15-25-14-29(27-15)18-7-5-17(6-8-18)26-21-12-16(9-11-24-21)22-19(13-30-28-22)20-4-2-3-10-23-20;2*3-2(4,5)1(6)7/h2-14H,1H3,(H,24,26);2*(H,6,7). The molecule has 0 aliphatic rings. The topological polar surface area (TPSA) is 169 Å². The minimum atomic E-state index is -5.08. The first-order chi connectivity index (χ1) is 20.6. The van der Waals surface area contributed by atoms with Crippen LogP contribution >= 0.6 is 0 Å². The number of rotatable bonds is 5. The van der Waals surface area contributed by atoms with E-state index in [0.717, 1.165) is 39.7 Å². The molecular weight excluding hydrogens is 604 g/mol. The molecule has 0 amide bonds. The number of benzene rings is 1. The van der Waals surface area contributed by atoms with Crippen molar-refractivity contribution in [2.45, 2.75) is 19.3 Å². The predicted molar refractivity (Wildman–Crippen MR) is 140 cm³/mol. The molecule has 0 saturated heterocycles. The average Bonchev–Trinajstić information content (AvgIpc) is 3.63. The van der Waals surface area contributed by atoms with Gasteiger partial charge in [-0.15, -0.1) is 0 Å². The maximum Gasteiger partial charge on any atom is 0.490 e. The van der Waals surface area contributed by atoms with Crippen LogP contribution in [0, 0.1) is 6.92 Å². The summed E-state index contributed by atoms with van der Waals surface area (Å²) in [5.74, 6) is -4.08. The van der Waals surface area contributed by atoms with Gasteiger partial charge >= 0.3 is 24.3 Å². The van der Waals surface area contributed by atoms with Gasteiger partial charge in [-0.2, -0.15) is 31.4 Å². The number of alkyl halides is 6. The molecule has 3 N–H and O–H groups in total. The second kappa shape index (κ2) is 13.9. The van der Waals surface area contributed by atoms with Crippen LogP contribution in [0.5, 0.6) is 0 Å². The number of anilines is 2. The smallest absolute Gasteiger partial charge is 0.475 e. The SMILES string of the molecule is Cc1ncn(-c2ccc(Nc3cc(-c4nocc4-c4ccccn4)ccn3)cc2)n1.O=C(O)C(F)(F)F.O=C(O)C(F)(F)F. The molecule has 0 radical (unpaired) electrons. The Morgan fingerprint density at radius 3 is 2.02 bits per heavy atom. The number of carboxylic acid groups (broad SMARTS) is 2. The zero-order valence-electron chi connectivity index (χ0n) is 22.1. The molecule has 0 atom stereocenters. The quantitative estimate of drug-likeness (QED) is 0.205. The van der Waals surface area contributed by atoms with Gasteiger partial charge in [0.05, 0.1) is 16.9 Å². The first-order valence-corrected chi connectivity index (χ1v) is 11.8. The Balaban J connectivity index is 0.000000317. The van der Waals surface area contributed by atoms with E-state index in [2.05, 4.69) is 30.5 Å². The van der Waals surface area contributed by atoms with Crippen LogP contribution in [-0.2, 0) is 9.59 Å². The summed E-state index contributed by atoms with van der Waals surface area (Å²) in [6.45, 7) is 1.86. The molecule has 18 heteroatoms. The number of aromatic nitrogens is 6. The van der Waals surface area contributed by atoms with E-state index in [1.54, 1.807) is 29.7 Å². The zero-order chi connectivity index (χ0) is 32.5. The Morgan fingerprint density at radius 1 is 0.864 bits per heavy atom. The highest BCUT2D eigenvalue weighted by molar-refractivity contribution is 5.79. The number of nitrogens with one attached hydrogen (secondary N) is 1. The summed E-state index contributed by atoms with van der Waals surface area (Å²) < 4.78 is 70.4. The van der Waals surface area contributed by atoms with Crippen LogP contribution in [0.3, 0.4) is 0 Å². The lowest BCUT2D eigenvalue weighted by Crippen LogP contribution is -2.21. The Morgan fingerprint density at radius 2 is 1.50 bits per heavy atom. The molecule has 4 heterocycles. The third-order valence-corrected chi connectivity index (χ3v) is 5.04. The van der Waals surface area contributed by atoms with E-state index >= 15 is 0 Å². The molecule has 5 rings (SSSR count). The summed E-state index contributed by atoms with van der Waals surface area (Å²) in [4.78, 5) is 30.8. The van der Waals surface area contributed by atoms with Crippen LogP contribution in [0.2, 0.25) is 0 Å². The lowest BCUT2D eigenvalue weighted by Gasteiger charge is -2.08. The minimum Gasteiger partial charge on any atom is -0.475 e. The van der Waals surface area contributed by atoms with Crippen molar-refractivity contribution in [1.29, 1.82) is 0 Å². The number of aryl methyl sites for hydroxylation is 1. The van der Waals surface area contributed by atoms with Gasteiger partial charge in [-0.1, -0.05) is 11.2 Å². The Kier molecular flexibility index (Phi) is 10.3. The van der Waals surface area contributed by atoms with Crippen molar-refractivity contribution in [3.63, 3.8) is 0 Å². The summed E-state index contributed by atoms with van der Waals surface area (Å²) >= 11 is 0. The number of carboxylic acids is 2. The van der Waals surface area contributed by atoms with Gasteiger partial charge in [-0.3, -0.25) is 4.98 Å². The normalized spacial score (nSPS) is 11.0. The fourth-order valence-electron chi connectivity index (χ4n) is 3.11. The molecule has 4 aromatic heterocycles. The van der Waals surface area contributed by atoms with Crippen molar-refractivity contribution in [3.05, 3.63) is 85.4 Å². The van der Waals surface area contributed by atoms with Crippen LogP contribution in [-0.4, -0.2) is 64.4 Å². The number of pyridine rings is 2. The van der Waals surface area contributed by atoms with Crippen molar-refractivity contribution in [1.82, 2.24) is 29.9 Å². The fourth-order valence-corrected chi connectivity index (χ4v) is 3.11. The van der Waals surface area contributed by atoms with Crippen molar-refractivity contribution in [2.24, 2.45) is 0 Å². The molecule has 0 aliphatic carbocycles. The second-order valence-electron chi connectivity index (χ2n) is 8.24. The van der Waals surface area contributed by atoms with Crippen LogP contribution in [0.1, 0.15) is 5.82 Å². The number of hydrogen-bond donors (Lipinski definition) is 3. The zero-order valence-corrected chi connectivity index (χ0v) is 22.1. The summed E-state index contributed by atoms with van der Waals surface area (Å²) in [5.41, 5.74) is 5.09. The van der Waals surface area contributed by atoms with Gasteiger partial charge in [0, 0.05) is 23.6 Å². The number of carbonyl (C=O) groups is 2. The lowest BCUT2D eigenvalue weighted by atomic mass is 10.1. The molecule has 44 heavy (non-hydrogen) atoms. The van der Waals surface area contributed by atoms with Gasteiger partial charge in [0.15, 0.2) is 0 Å². The van der Waals surface area contributed by atoms with E-state index < -0.39 is 24.3 Å². The minimum absolute atomic E-state index is 0.701. The molecule has 12 nitrogen and oxygen atoms in total. The molecule has 0 aliphatic heterocycles. The van der Waals surface area contributed by atoms with E-state index in [9.17, 15) is 26.3 Å².